The lowest BCUT2D eigenvalue weighted by Crippen LogP contribution is -2.23. The van der Waals surface area contributed by atoms with Gasteiger partial charge in [-0.3, -0.25) is 0 Å². The van der Waals surface area contributed by atoms with E-state index < -0.39 is 10.0 Å². The molecule has 3 aromatic rings. The summed E-state index contributed by atoms with van der Waals surface area (Å²) in [6, 6.07) is 14.4. The molecule has 0 atom stereocenters. The summed E-state index contributed by atoms with van der Waals surface area (Å²) in [4.78, 5) is 2.24. The van der Waals surface area contributed by atoms with Gasteiger partial charge in [-0.05, 0) is 24.3 Å². The minimum atomic E-state index is -3.63. The number of anilines is 1. The average molecular weight is 330 g/mol. The highest BCUT2D eigenvalue weighted by atomic mass is 32.2. The van der Waals surface area contributed by atoms with Crippen molar-refractivity contribution in [3.8, 4) is 0 Å². The van der Waals surface area contributed by atoms with Crippen LogP contribution < -0.4 is 9.62 Å². The molecular weight excluding hydrogens is 312 g/mol. The molecule has 6 heteroatoms. The number of hydrogen-bond acceptors (Lipinski definition) is 4. The van der Waals surface area contributed by atoms with Crippen LogP contribution in [0.3, 0.4) is 0 Å². The van der Waals surface area contributed by atoms with Crippen molar-refractivity contribution in [2.75, 3.05) is 19.0 Å². The van der Waals surface area contributed by atoms with Gasteiger partial charge in [-0.15, -0.1) is 0 Å². The number of nitrogens with zero attached hydrogens (tertiary/aromatic N) is 1. The zero-order valence-corrected chi connectivity index (χ0v) is 13.8. The van der Waals surface area contributed by atoms with Crippen LogP contribution in [0.25, 0.3) is 10.8 Å². The Morgan fingerprint density at radius 1 is 1.00 bits per heavy atom. The van der Waals surface area contributed by atoms with Crippen LogP contribution in [0.5, 0.6) is 0 Å². The van der Waals surface area contributed by atoms with Crippen LogP contribution in [0, 0.1) is 0 Å². The molecule has 0 unspecified atom stereocenters. The number of sulfonamides is 1. The zero-order chi connectivity index (χ0) is 16.4. The Morgan fingerprint density at radius 3 is 2.43 bits per heavy atom. The second-order valence-corrected chi connectivity index (χ2v) is 7.16. The third-order valence-corrected chi connectivity index (χ3v) is 5.11. The smallest absolute Gasteiger partial charge is 0.241 e. The van der Waals surface area contributed by atoms with Crippen molar-refractivity contribution in [2.45, 2.75) is 11.4 Å². The highest BCUT2D eigenvalue weighted by Gasteiger charge is 2.18. The quantitative estimate of drug-likeness (QED) is 0.781. The molecule has 23 heavy (non-hydrogen) atoms. The summed E-state index contributed by atoms with van der Waals surface area (Å²) in [6.07, 6.45) is 1.52. The first kappa shape index (κ1) is 15.6. The van der Waals surface area contributed by atoms with Gasteiger partial charge in [-0.25, -0.2) is 13.1 Å². The van der Waals surface area contributed by atoms with E-state index in [0.717, 1.165) is 11.1 Å². The van der Waals surface area contributed by atoms with Crippen LogP contribution in [-0.4, -0.2) is 22.5 Å². The van der Waals surface area contributed by atoms with Gasteiger partial charge in [0, 0.05) is 30.6 Å². The van der Waals surface area contributed by atoms with Crippen molar-refractivity contribution in [3.05, 3.63) is 60.6 Å². The van der Waals surface area contributed by atoms with Crippen molar-refractivity contribution in [1.29, 1.82) is 0 Å². The Hall–Kier alpha value is -2.31. The van der Waals surface area contributed by atoms with Gasteiger partial charge in [0.05, 0.1) is 17.7 Å². The lowest BCUT2D eigenvalue weighted by atomic mass is 10.1. The number of benzene rings is 2. The van der Waals surface area contributed by atoms with Crippen LogP contribution >= 0.6 is 0 Å². The number of fused-ring (bicyclic) bond motifs is 1. The highest BCUT2D eigenvalue weighted by Crippen LogP contribution is 2.30. The molecule has 0 bridgehead atoms. The third-order valence-electron chi connectivity index (χ3n) is 3.65. The lowest BCUT2D eigenvalue weighted by Gasteiger charge is -2.17. The normalized spacial score (nSPS) is 11.7. The molecule has 3 rings (SSSR count). The fourth-order valence-electron chi connectivity index (χ4n) is 2.55. The van der Waals surface area contributed by atoms with Crippen molar-refractivity contribution in [2.24, 2.45) is 0 Å². The summed E-state index contributed by atoms with van der Waals surface area (Å²) in [5.74, 6) is 0.572. The molecule has 120 valence electrons. The number of hydrogen-bond donors (Lipinski definition) is 1. The Balaban J connectivity index is 2.03. The molecule has 0 aliphatic carbocycles. The molecule has 0 fully saturated rings. The maximum Gasteiger partial charge on any atom is 0.241 e. The molecule has 5 nitrogen and oxygen atoms in total. The monoisotopic (exact) mass is 330 g/mol. The van der Waals surface area contributed by atoms with E-state index in [2.05, 4.69) is 4.72 Å². The predicted octanol–water partition coefficient (Wildman–Crippen LogP) is 2.98. The Kier molecular flexibility index (Phi) is 4.11. The fourth-order valence-corrected chi connectivity index (χ4v) is 3.76. The maximum atomic E-state index is 12.7. The second-order valence-electron chi connectivity index (χ2n) is 5.43. The van der Waals surface area contributed by atoms with Crippen molar-refractivity contribution < 1.29 is 12.8 Å². The van der Waals surface area contributed by atoms with Crippen LogP contribution in [0.2, 0.25) is 0 Å². The van der Waals surface area contributed by atoms with Crippen molar-refractivity contribution >= 4 is 26.5 Å². The predicted molar refractivity (Wildman–Crippen MR) is 91.0 cm³/mol. The van der Waals surface area contributed by atoms with E-state index in [9.17, 15) is 8.42 Å². The molecule has 0 radical (unpaired) electrons. The van der Waals surface area contributed by atoms with Crippen molar-refractivity contribution in [1.82, 2.24) is 4.72 Å². The number of rotatable bonds is 5. The third kappa shape index (κ3) is 3.09. The molecule has 0 aliphatic heterocycles. The van der Waals surface area contributed by atoms with E-state index in [0.29, 0.717) is 11.1 Å². The summed E-state index contributed by atoms with van der Waals surface area (Å²) < 4.78 is 33.1. The largest absolute Gasteiger partial charge is 0.468 e. The molecule has 1 aromatic heterocycles. The van der Waals surface area contributed by atoms with Gasteiger partial charge in [-0.1, -0.05) is 24.3 Å². The van der Waals surface area contributed by atoms with E-state index in [1.807, 2.05) is 43.3 Å². The Labute approximate surface area is 135 Å². The molecule has 0 aliphatic rings. The SMILES string of the molecule is CN(C)c1cccc2c(S(=O)(=O)NCc3ccco3)cccc12. The number of nitrogens with one attached hydrogen (secondary N) is 1. The van der Waals surface area contributed by atoms with Gasteiger partial charge in [0.2, 0.25) is 10.0 Å². The summed E-state index contributed by atoms with van der Waals surface area (Å²) in [5, 5.41) is 1.60. The van der Waals surface area contributed by atoms with Gasteiger partial charge in [0.25, 0.3) is 0 Å². The fraction of sp³-hybridized carbons (Fsp3) is 0.176. The molecule has 0 spiro atoms. The first-order valence-electron chi connectivity index (χ1n) is 7.20. The van der Waals surface area contributed by atoms with Gasteiger partial charge in [0.1, 0.15) is 5.76 Å². The van der Waals surface area contributed by atoms with Crippen LogP contribution in [-0.2, 0) is 16.6 Å². The summed E-state index contributed by atoms with van der Waals surface area (Å²) in [6.45, 7) is 0.124. The first-order valence-corrected chi connectivity index (χ1v) is 8.68. The van der Waals surface area contributed by atoms with E-state index >= 15 is 0 Å². The maximum absolute atomic E-state index is 12.7. The molecule has 2 aromatic carbocycles. The van der Waals surface area contributed by atoms with E-state index in [1.54, 1.807) is 24.3 Å². The molecule has 1 N–H and O–H groups in total. The minimum Gasteiger partial charge on any atom is -0.468 e. The molecule has 0 amide bonds. The van der Waals surface area contributed by atoms with Gasteiger partial charge in [0.15, 0.2) is 0 Å². The van der Waals surface area contributed by atoms with E-state index in [-0.39, 0.29) is 11.4 Å². The topological polar surface area (TPSA) is 62.6 Å². The Bertz CT molecular complexity index is 916. The lowest BCUT2D eigenvalue weighted by molar-refractivity contribution is 0.499. The molecule has 1 heterocycles. The second kappa shape index (κ2) is 6.06. The molecule has 0 saturated heterocycles. The Morgan fingerprint density at radius 2 is 1.74 bits per heavy atom. The standard InChI is InChI=1S/C17H18N2O3S/c1-19(2)16-9-3-8-15-14(16)7-4-10-17(15)23(20,21)18-12-13-6-5-11-22-13/h3-11,18H,12H2,1-2H3. The average Bonchev–Trinajstić information content (AvgIpc) is 3.05. The van der Waals surface area contributed by atoms with Gasteiger partial charge in [-0.2, -0.15) is 0 Å². The van der Waals surface area contributed by atoms with Gasteiger partial charge < -0.3 is 9.32 Å². The van der Waals surface area contributed by atoms with Crippen LogP contribution in [0.4, 0.5) is 5.69 Å². The minimum absolute atomic E-state index is 0.124. The van der Waals surface area contributed by atoms with E-state index in [4.69, 9.17) is 4.42 Å². The molecule has 0 saturated carbocycles. The summed E-state index contributed by atoms with van der Waals surface area (Å²) >= 11 is 0. The van der Waals surface area contributed by atoms with E-state index in [1.165, 1.54) is 6.26 Å². The zero-order valence-electron chi connectivity index (χ0n) is 13.0. The van der Waals surface area contributed by atoms with Crippen LogP contribution in [0.15, 0.2) is 64.1 Å². The first-order chi connectivity index (χ1) is 11.0. The van der Waals surface area contributed by atoms with Crippen LogP contribution in [0.1, 0.15) is 5.76 Å². The highest BCUT2D eigenvalue weighted by molar-refractivity contribution is 7.89. The summed E-state index contributed by atoms with van der Waals surface area (Å²) in [7, 11) is 0.237. The molecular formula is C17H18N2O3S. The van der Waals surface area contributed by atoms with Crippen molar-refractivity contribution in [3.63, 3.8) is 0 Å². The van der Waals surface area contributed by atoms with Gasteiger partial charge >= 0.3 is 0 Å². The number of furan rings is 1. The summed E-state index contributed by atoms with van der Waals surface area (Å²) in [5.41, 5.74) is 0.977.